The van der Waals surface area contributed by atoms with Crippen LogP contribution in [0.4, 0.5) is 5.69 Å². The molecule has 4 nitrogen and oxygen atoms in total. The van der Waals surface area contributed by atoms with Gasteiger partial charge in [-0.25, -0.2) is 4.79 Å². The summed E-state index contributed by atoms with van der Waals surface area (Å²) in [5.74, 6) is -0.824. The van der Waals surface area contributed by atoms with Crippen LogP contribution in [0.5, 0.6) is 0 Å². The molecule has 1 saturated heterocycles. The number of halogens is 1. The van der Waals surface area contributed by atoms with E-state index in [-0.39, 0.29) is 5.41 Å². The van der Waals surface area contributed by atoms with Gasteiger partial charge in [-0.3, -0.25) is 0 Å². The minimum absolute atomic E-state index is 0.301. The molecule has 0 aromatic heterocycles. The van der Waals surface area contributed by atoms with Crippen LogP contribution in [0.25, 0.3) is 0 Å². The Labute approximate surface area is 123 Å². The Kier molecular flexibility index (Phi) is 3.92. The van der Waals surface area contributed by atoms with Crippen molar-refractivity contribution in [3.8, 4) is 6.07 Å². The molecule has 1 aromatic rings. The van der Waals surface area contributed by atoms with Crippen LogP contribution >= 0.6 is 11.6 Å². The van der Waals surface area contributed by atoms with Crippen LogP contribution in [-0.4, -0.2) is 23.7 Å². The van der Waals surface area contributed by atoms with Gasteiger partial charge in [0.15, 0.2) is 0 Å². The summed E-state index contributed by atoms with van der Waals surface area (Å²) < 4.78 is 0. The SMILES string of the molecule is CC1(C)CCCN(c2ccc(C#N)c(Cl)c2)C1C(=O)O. The molecule has 0 bridgehead atoms. The first-order valence-corrected chi connectivity index (χ1v) is 6.94. The Morgan fingerprint density at radius 3 is 2.80 bits per heavy atom. The number of benzene rings is 1. The minimum Gasteiger partial charge on any atom is -0.480 e. The fraction of sp³-hybridized carbons (Fsp3) is 0.467. The van der Waals surface area contributed by atoms with E-state index in [9.17, 15) is 9.90 Å². The second-order valence-corrected chi connectivity index (χ2v) is 6.21. The number of hydrogen-bond donors (Lipinski definition) is 1. The van der Waals surface area contributed by atoms with Gasteiger partial charge in [-0.05, 0) is 36.5 Å². The Bertz CT molecular complexity index is 578. The second kappa shape index (κ2) is 5.34. The molecule has 1 atom stereocenters. The Hall–Kier alpha value is -1.73. The summed E-state index contributed by atoms with van der Waals surface area (Å²) in [7, 11) is 0. The molecular weight excluding hydrogens is 276 g/mol. The van der Waals surface area contributed by atoms with Crippen LogP contribution in [0, 0.1) is 16.7 Å². The van der Waals surface area contributed by atoms with Crippen molar-refractivity contribution in [1.82, 2.24) is 0 Å². The molecule has 0 saturated carbocycles. The van der Waals surface area contributed by atoms with Crippen molar-refractivity contribution >= 4 is 23.3 Å². The average molecular weight is 293 g/mol. The van der Waals surface area contributed by atoms with E-state index in [1.807, 2.05) is 24.8 Å². The molecule has 106 valence electrons. The molecule has 0 aliphatic carbocycles. The average Bonchev–Trinajstić information content (AvgIpc) is 2.36. The van der Waals surface area contributed by atoms with E-state index in [0.29, 0.717) is 17.1 Å². The molecule has 20 heavy (non-hydrogen) atoms. The lowest BCUT2D eigenvalue weighted by atomic mass is 9.76. The summed E-state index contributed by atoms with van der Waals surface area (Å²) in [5.41, 5.74) is 0.859. The van der Waals surface area contributed by atoms with Crippen LogP contribution in [0.3, 0.4) is 0 Å². The van der Waals surface area contributed by atoms with Crippen molar-refractivity contribution in [3.05, 3.63) is 28.8 Å². The van der Waals surface area contributed by atoms with Gasteiger partial charge >= 0.3 is 5.97 Å². The van der Waals surface area contributed by atoms with E-state index >= 15 is 0 Å². The molecule has 5 heteroatoms. The molecule has 1 N–H and O–H groups in total. The van der Waals surface area contributed by atoms with Gasteiger partial charge in [0, 0.05) is 12.2 Å². The highest BCUT2D eigenvalue weighted by Gasteiger charge is 2.42. The van der Waals surface area contributed by atoms with Crippen LogP contribution in [0.15, 0.2) is 18.2 Å². The lowest BCUT2D eigenvalue weighted by molar-refractivity contribution is -0.142. The molecule has 0 radical (unpaired) electrons. The van der Waals surface area contributed by atoms with Crippen molar-refractivity contribution in [2.75, 3.05) is 11.4 Å². The number of piperidine rings is 1. The van der Waals surface area contributed by atoms with Gasteiger partial charge in [0.05, 0.1) is 10.6 Å². The van der Waals surface area contributed by atoms with E-state index in [0.717, 1.165) is 18.5 Å². The third-order valence-electron chi connectivity index (χ3n) is 3.91. The zero-order chi connectivity index (χ0) is 14.9. The number of carboxylic acid groups (broad SMARTS) is 1. The third kappa shape index (κ3) is 2.59. The summed E-state index contributed by atoms with van der Waals surface area (Å²) in [4.78, 5) is 13.5. The van der Waals surface area contributed by atoms with Crippen LogP contribution in [0.2, 0.25) is 5.02 Å². The molecule has 1 aromatic carbocycles. The fourth-order valence-corrected chi connectivity index (χ4v) is 3.13. The molecule has 0 spiro atoms. The number of nitrogens with zero attached hydrogens (tertiary/aromatic N) is 2. The highest BCUT2D eigenvalue weighted by molar-refractivity contribution is 6.32. The Morgan fingerprint density at radius 2 is 2.25 bits per heavy atom. The first-order valence-electron chi connectivity index (χ1n) is 6.56. The molecule has 1 aliphatic heterocycles. The predicted octanol–water partition coefficient (Wildman–Crippen LogP) is 3.29. The number of nitriles is 1. The zero-order valence-corrected chi connectivity index (χ0v) is 12.3. The highest BCUT2D eigenvalue weighted by Crippen LogP contribution is 2.38. The monoisotopic (exact) mass is 292 g/mol. The van der Waals surface area contributed by atoms with Crippen LogP contribution in [-0.2, 0) is 4.79 Å². The standard InChI is InChI=1S/C15H17ClN2O2/c1-15(2)6-3-7-18(13(15)14(19)20)11-5-4-10(9-17)12(16)8-11/h4-5,8,13H,3,6-7H2,1-2H3,(H,19,20). The molecule has 2 rings (SSSR count). The predicted molar refractivity (Wildman–Crippen MR) is 78.0 cm³/mol. The maximum absolute atomic E-state index is 11.6. The summed E-state index contributed by atoms with van der Waals surface area (Å²) in [6.07, 6.45) is 1.82. The normalized spacial score (nSPS) is 21.3. The smallest absolute Gasteiger partial charge is 0.326 e. The maximum atomic E-state index is 11.6. The molecule has 1 heterocycles. The molecule has 0 amide bonds. The fourth-order valence-electron chi connectivity index (χ4n) is 2.91. The van der Waals surface area contributed by atoms with E-state index < -0.39 is 12.0 Å². The van der Waals surface area contributed by atoms with E-state index in [1.165, 1.54) is 0 Å². The zero-order valence-electron chi connectivity index (χ0n) is 11.6. The van der Waals surface area contributed by atoms with Crippen molar-refractivity contribution in [2.24, 2.45) is 5.41 Å². The van der Waals surface area contributed by atoms with Crippen molar-refractivity contribution < 1.29 is 9.90 Å². The molecule has 1 fully saturated rings. The summed E-state index contributed by atoms with van der Waals surface area (Å²) >= 11 is 6.05. The molecular formula is C15H17ClN2O2. The largest absolute Gasteiger partial charge is 0.480 e. The molecule has 1 aliphatic rings. The van der Waals surface area contributed by atoms with Gasteiger partial charge in [0.25, 0.3) is 0 Å². The number of anilines is 1. The quantitative estimate of drug-likeness (QED) is 0.908. The first-order chi connectivity index (χ1) is 9.36. The first kappa shape index (κ1) is 14.7. The maximum Gasteiger partial charge on any atom is 0.326 e. The van der Waals surface area contributed by atoms with Crippen molar-refractivity contribution in [1.29, 1.82) is 5.26 Å². The molecule has 1 unspecified atom stereocenters. The van der Waals surface area contributed by atoms with Crippen molar-refractivity contribution in [3.63, 3.8) is 0 Å². The topological polar surface area (TPSA) is 64.3 Å². The van der Waals surface area contributed by atoms with Gasteiger partial charge in [-0.2, -0.15) is 5.26 Å². The van der Waals surface area contributed by atoms with Gasteiger partial charge in [-0.1, -0.05) is 25.4 Å². The number of carboxylic acids is 1. The van der Waals surface area contributed by atoms with Gasteiger partial charge in [0.1, 0.15) is 12.1 Å². The van der Waals surface area contributed by atoms with Crippen LogP contribution < -0.4 is 4.90 Å². The van der Waals surface area contributed by atoms with E-state index in [1.54, 1.807) is 18.2 Å². The lowest BCUT2D eigenvalue weighted by Gasteiger charge is -2.45. The third-order valence-corrected chi connectivity index (χ3v) is 4.22. The Morgan fingerprint density at radius 1 is 1.55 bits per heavy atom. The summed E-state index contributed by atoms with van der Waals surface area (Å²) in [6, 6.07) is 6.51. The van der Waals surface area contributed by atoms with E-state index in [4.69, 9.17) is 16.9 Å². The van der Waals surface area contributed by atoms with Gasteiger partial charge < -0.3 is 10.0 Å². The van der Waals surface area contributed by atoms with Crippen molar-refractivity contribution in [2.45, 2.75) is 32.7 Å². The van der Waals surface area contributed by atoms with Gasteiger partial charge in [0.2, 0.25) is 0 Å². The Balaban J connectivity index is 2.42. The number of carbonyl (C=O) groups is 1. The van der Waals surface area contributed by atoms with Gasteiger partial charge in [-0.15, -0.1) is 0 Å². The van der Waals surface area contributed by atoms with Crippen LogP contribution in [0.1, 0.15) is 32.3 Å². The highest BCUT2D eigenvalue weighted by atomic mass is 35.5. The lowest BCUT2D eigenvalue weighted by Crippen LogP contribution is -2.54. The minimum atomic E-state index is -0.824. The summed E-state index contributed by atoms with van der Waals surface area (Å²) in [6.45, 7) is 4.63. The van der Waals surface area contributed by atoms with E-state index in [2.05, 4.69) is 0 Å². The number of hydrogen-bond acceptors (Lipinski definition) is 3. The number of aliphatic carboxylic acids is 1. The number of rotatable bonds is 2. The summed E-state index contributed by atoms with van der Waals surface area (Å²) in [5, 5.41) is 18.8. The second-order valence-electron chi connectivity index (χ2n) is 5.80.